The molecule has 0 aromatic heterocycles. The van der Waals surface area contributed by atoms with Gasteiger partial charge in [-0.2, -0.15) is 0 Å². The van der Waals surface area contributed by atoms with E-state index in [0.29, 0.717) is 24.8 Å². The van der Waals surface area contributed by atoms with Crippen LogP contribution in [0.3, 0.4) is 0 Å². The second-order valence-electron chi connectivity index (χ2n) is 4.39. The van der Waals surface area contributed by atoms with Crippen LogP contribution < -0.4 is 16.4 Å². The summed E-state index contributed by atoms with van der Waals surface area (Å²) < 4.78 is 0. The van der Waals surface area contributed by atoms with Crippen molar-refractivity contribution in [3.63, 3.8) is 0 Å². The van der Waals surface area contributed by atoms with Crippen LogP contribution in [0.15, 0.2) is 18.2 Å². The number of benzene rings is 1. The summed E-state index contributed by atoms with van der Waals surface area (Å²) in [5.41, 5.74) is 5.62. The fourth-order valence-electron chi connectivity index (χ4n) is 1.55. The molecule has 0 bridgehead atoms. The molecule has 19 heavy (non-hydrogen) atoms. The van der Waals surface area contributed by atoms with Crippen LogP contribution >= 0.6 is 0 Å². The molecule has 0 aliphatic carbocycles. The minimum Gasteiger partial charge on any atom is -0.378 e. The Morgan fingerprint density at radius 2 is 2.11 bits per heavy atom. The molecule has 1 rings (SSSR count). The van der Waals surface area contributed by atoms with Crippen molar-refractivity contribution in [2.75, 3.05) is 18.4 Å². The first-order chi connectivity index (χ1) is 8.91. The number of nitrogens with zero attached hydrogens (tertiary/aromatic N) is 1. The lowest BCUT2D eigenvalue weighted by Crippen LogP contribution is -2.28. The molecule has 0 atom stereocenters. The van der Waals surface area contributed by atoms with Crippen molar-refractivity contribution in [2.24, 2.45) is 5.73 Å². The fraction of sp³-hybridized carbons (Fsp3) is 0.417. The lowest BCUT2D eigenvalue weighted by molar-refractivity contribution is -0.384. The van der Waals surface area contributed by atoms with E-state index in [1.807, 2.05) is 13.8 Å². The predicted octanol–water partition coefficient (Wildman–Crippen LogP) is 1.10. The first-order valence-corrected chi connectivity index (χ1v) is 5.97. The maximum atomic E-state index is 11.1. The molecule has 0 aliphatic rings. The summed E-state index contributed by atoms with van der Waals surface area (Å²) in [4.78, 5) is 21.4. The van der Waals surface area contributed by atoms with Gasteiger partial charge in [-0.15, -0.1) is 0 Å². The summed E-state index contributed by atoms with van der Waals surface area (Å²) >= 11 is 0. The summed E-state index contributed by atoms with van der Waals surface area (Å²) in [6.45, 7) is 5.20. The maximum absolute atomic E-state index is 11.1. The minimum absolute atomic E-state index is 0.0745. The third-order valence-electron chi connectivity index (χ3n) is 2.47. The number of nitro groups is 1. The van der Waals surface area contributed by atoms with Gasteiger partial charge >= 0.3 is 0 Å². The topological polar surface area (TPSA) is 110 Å². The van der Waals surface area contributed by atoms with Crippen LogP contribution in [-0.4, -0.2) is 30.0 Å². The van der Waals surface area contributed by atoms with E-state index in [1.165, 1.54) is 18.2 Å². The molecule has 0 saturated carbocycles. The van der Waals surface area contributed by atoms with Gasteiger partial charge in [0.2, 0.25) is 5.91 Å². The molecule has 7 heteroatoms. The Morgan fingerprint density at radius 3 is 2.63 bits per heavy atom. The Bertz CT molecular complexity index is 474. The molecule has 0 aliphatic heterocycles. The molecule has 0 fully saturated rings. The van der Waals surface area contributed by atoms with Crippen LogP contribution in [-0.2, 0) is 0 Å². The van der Waals surface area contributed by atoms with Gasteiger partial charge in [0.05, 0.1) is 4.92 Å². The first kappa shape index (κ1) is 14.9. The van der Waals surface area contributed by atoms with Crippen molar-refractivity contribution in [3.05, 3.63) is 33.9 Å². The van der Waals surface area contributed by atoms with E-state index >= 15 is 0 Å². The molecule has 104 valence electrons. The predicted molar refractivity (Wildman–Crippen MR) is 73.2 cm³/mol. The van der Waals surface area contributed by atoms with Crippen molar-refractivity contribution in [2.45, 2.75) is 19.9 Å². The van der Waals surface area contributed by atoms with Crippen LogP contribution in [0.4, 0.5) is 11.4 Å². The zero-order valence-electron chi connectivity index (χ0n) is 11.0. The Labute approximate surface area is 111 Å². The Hall–Kier alpha value is -2.15. The number of hydrogen-bond donors (Lipinski definition) is 3. The Kier molecular flexibility index (Phi) is 5.25. The number of nitro benzene ring substituents is 1. The number of anilines is 1. The van der Waals surface area contributed by atoms with E-state index in [0.717, 1.165) is 0 Å². The molecule has 1 aromatic rings. The lowest BCUT2D eigenvalue weighted by Gasteiger charge is -2.10. The molecule has 7 nitrogen and oxygen atoms in total. The zero-order valence-corrected chi connectivity index (χ0v) is 11.0. The van der Waals surface area contributed by atoms with Crippen LogP contribution in [0.5, 0.6) is 0 Å². The average molecular weight is 266 g/mol. The van der Waals surface area contributed by atoms with Gasteiger partial charge in [0.25, 0.3) is 5.69 Å². The van der Waals surface area contributed by atoms with Crippen molar-refractivity contribution < 1.29 is 9.72 Å². The summed E-state index contributed by atoms with van der Waals surface area (Å²) in [6.07, 6.45) is 0. The van der Waals surface area contributed by atoms with Crippen LogP contribution in [0.2, 0.25) is 0 Å². The van der Waals surface area contributed by atoms with Gasteiger partial charge in [0.1, 0.15) is 5.69 Å². The fourth-order valence-corrected chi connectivity index (χ4v) is 1.55. The molecular formula is C12H18N4O3. The molecular weight excluding hydrogens is 248 g/mol. The van der Waals surface area contributed by atoms with Crippen LogP contribution in [0.1, 0.15) is 24.2 Å². The average Bonchev–Trinajstić information content (AvgIpc) is 2.33. The zero-order chi connectivity index (χ0) is 14.4. The van der Waals surface area contributed by atoms with E-state index in [2.05, 4.69) is 10.6 Å². The monoisotopic (exact) mass is 266 g/mol. The number of amides is 1. The summed E-state index contributed by atoms with van der Waals surface area (Å²) in [7, 11) is 0. The Balaban J connectivity index is 2.80. The number of nitrogens with one attached hydrogen (secondary N) is 2. The van der Waals surface area contributed by atoms with Crippen molar-refractivity contribution >= 4 is 17.3 Å². The lowest BCUT2D eigenvalue weighted by atomic mass is 10.1. The number of primary amides is 1. The van der Waals surface area contributed by atoms with Gasteiger partial charge in [-0.1, -0.05) is 13.8 Å². The molecule has 0 unspecified atom stereocenters. The molecule has 0 heterocycles. The molecule has 0 saturated heterocycles. The highest BCUT2D eigenvalue weighted by Gasteiger charge is 2.15. The number of carbonyl (C=O) groups excluding carboxylic acids is 1. The second-order valence-corrected chi connectivity index (χ2v) is 4.39. The van der Waals surface area contributed by atoms with Gasteiger partial charge in [-0.25, -0.2) is 0 Å². The van der Waals surface area contributed by atoms with Gasteiger partial charge in [-0.05, 0) is 12.1 Å². The highest BCUT2D eigenvalue weighted by molar-refractivity contribution is 5.94. The molecule has 1 aromatic carbocycles. The van der Waals surface area contributed by atoms with Crippen molar-refractivity contribution in [1.82, 2.24) is 5.32 Å². The van der Waals surface area contributed by atoms with Gasteiger partial charge in [0, 0.05) is 30.8 Å². The number of carbonyl (C=O) groups is 1. The standard InChI is InChI=1S/C12H18N4O3/c1-8(2)14-5-6-15-10-7-9(12(13)17)3-4-11(10)16(18)19/h3-4,7-8,14-15H,5-6H2,1-2H3,(H2,13,17). The number of nitrogens with two attached hydrogens (primary N) is 1. The molecule has 0 spiro atoms. The van der Waals surface area contributed by atoms with E-state index in [4.69, 9.17) is 5.73 Å². The largest absolute Gasteiger partial charge is 0.378 e. The summed E-state index contributed by atoms with van der Waals surface area (Å²) in [6, 6.07) is 4.36. The SMILES string of the molecule is CC(C)NCCNc1cc(C(N)=O)ccc1[N+](=O)[O-]. The first-order valence-electron chi connectivity index (χ1n) is 5.97. The van der Waals surface area contributed by atoms with E-state index in [1.54, 1.807) is 0 Å². The minimum atomic E-state index is -0.613. The maximum Gasteiger partial charge on any atom is 0.292 e. The smallest absolute Gasteiger partial charge is 0.292 e. The quantitative estimate of drug-likeness (QED) is 0.389. The van der Waals surface area contributed by atoms with Gasteiger partial charge in [-0.3, -0.25) is 14.9 Å². The molecule has 1 amide bonds. The van der Waals surface area contributed by atoms with E-state index in [-0.39, 0.29) is 11.3 Å². The van der Waals surface area contributed by atoms with Crippen LogP contribution in [0.25, 0.3) is 0 Å². The third-order valence-corrected chi connectivity index (χ3v) is 2.47. The van der Waals surface area contributed by atoms with Crippen LogP contribution in [0, 0.1) is 10.1 Å². The summed E-state index contributed by atoms with van der Waals surface area (Å²) in [5, 5.41) is 17.0. The third kappa shape index (κ3) is 4.55. The highest BCUT2D eigenvalue weighted by Crippen LogP contribution is 2.25. The summed E-state index contributed by atoms with van der Waals surface area (Å²) in [5.74, 6) is -0.613. The Morgan fingerprint density at radius 1 is 1.42 bits per heavy atom. The van der Waals surface area contributed by atoms with E-state index in [9.17, 15) is 14.9 Å². The van der Waals surface area contributed by atoms with Crippen molar-refractivity contribution in [1.29, 1.82) is 0 Å². The van der Waals surface area contributed by atoms with Crippen molar-refractivity contribution in [3.8, 4) is 0 Å². The highest BCUT2D eigenvalue weighted by atomic mass is 16.6. The number of hydrogen-bond acceptors (Lipinski definition) is 5. The van der Waals surface area contributed by atoms with E-state index < -0.39 is 10.8 Å². The van der Waals surface area contributed by atoms with Gasteiger partial charge < -0.3 is 16.4 Å². The van der Waals surface area contributed by atoms with Gasteiger partial charge in [0.15, 0.2) is 0 Å². The normalized spacial score (nSPS) is 10.5. The molecule has 4 N–H and O–H groups in total. The molecule has 0 radical (unpaired) electrons. The second kappa shape index (κ2) is 6.69. The number of rotatable bonds is 7.